The summed E-state index contributed by atoms with van der Waals surface area (Å²) < 4.78 is 7.49. The number of rotatable bonds is 4. The van der Waals surface area contributed by atoms with Crippen LogP contribution in [0.1, 0.15) is 39.5 Å². The lowest BCUT2D eigenvalue weighted by Gasteiger charge is -2.27. The molecule has 1 aromatic rings. The quantitative estimate of drug-likeness (QED) is 0.853. The van der Waals surface area contributed by atoms with Crippen LogP contribution < -0.4 is 4.74 Å². The van der Waals surface area contributed by atoms with Gasteiger partial charge in [0, 0.05) is 17.5 Å². The molecule has 0 bridgehead atoms. The Balaban J connectivity index is 0.000000956. The zero-order valence-corrected chi connectivity index (χ0v) is 13.7. The molecule has 1 saturated heterocycles. The van der Waals surface area contributed by atoms with Gasteiger partial charge < -0.3 is 9.84 Å². The van der Waals surface area contributed by atoms with Gasteiger partial charge in [0.1, 0.15) is 5.75 Å². The molecule has 1 aliphatic rings. The van der Waals surface area contributed by atoms with Crippen LogP contribution in [0.2, 0.25) is 0 Å². The molecule has 0 spiro atoms. The molecule has 4 heteroatoms. The Bertz CT molecular complexity index is 356. The van der Waals surface area contributed by atoms with E-state index in [0.29, 0.717) is 6.04 Å². The maximum Gasteiger partial charge on any atom is 0.118 e. The van der Waals surface area contributed by atoms with Crippen molar-refractivity contribution in [3.05, 3.63) is 24.3 Å². The monoisotopic (exact) mass is 297 g/mol. The Morgan fingerprint density at radius 1 is 1.20 bits per heavy atom. The highest BCUT2D eigenvalue weighted by Crippen LogP contribution is 2.30. The fraction of sp³-hybridized carbons (Fsp3) is 0.625. The van der Waals surface area contributed by atoms with Crippen molar-refractivity contribution in [2.75, 3.05) is 20.3 Å². The Labute approximate surface area is 127 Å². The van der Waals surface area contributed by atoms with Crippen molar-refractivity contribution in [3.63, 3.8) is 0 Å². The summed E-state index contributed by atoms with van der Waals surface area (Å²) in [4.78, 5) is 1.20. The predicted molar refractivity (Wildman–Crippen MR) is 86.2 cm³/mol. The Morgan fingerprint density at radius 3 is 2.50 bits per heavy atom. The molecule has 0 aromatic heterocycles. The molecule has 1 atom stereocenters. The normalized spacial score (nSPS) is 19.7. The third-order valence-corrected chi connectivity index (χ3v) is 4.51. The first kappa shape index (κ1) is 17.3. The molecule has 1 N–H and O–H groups in total. The molecule has 3 nitrogen and oxygen atoms in total. The van der Waals surface area contributed by atoms with E-state index in [4.69, 9.17) is 4.74 Å². The van der Waals surface area contributed by atoms with E-state index in [0.717, 1.165) is 18.7 Å². The Hall–Kier alpha value is -0.710. The van der Waals surface area contributed by atoms with Crippen LogP contribution in [0.5, 0.6) is 5.75 Å². The maximum atomic E-state index is 9.47. The first-order chi connectivity index (χ1) is 9.83. The van der Waals surface area contributed by atoms with E-state index in [1.54, 1.807) is 19.1 Å². The smallest absolute Gasteiger partial charge is 0.118 e. The summed E-state index contributed by atoms with van der Waals surface area (Å²) in [7, 11) is 1.68. The third kappa shape index (κ3) is 5.35. The highest BCUT2D eigenvalue weighted by atomic mass is 32.2. The molecule has 0 amide bonds. The first-order valence-corrected chi connectivity index (χ1v) is 8.30. The SMILES string of the molecule is CC.COc1ccc(SN2CCCCCC2CO)cc1. The van der Waals surface area contributed by atoms with Crippen LogP contribution >= 0.6 is 11.9 Å². The van der Waals surface area contributed by atoms with Gasteiger partial charge in [0.25, 0.3) is 0 Å². The van der Waals surface area contributed by atoms with Crippen molar-refractivity contribution < 1.29 is 9.84 Å². The van der Waals surface area contributed by atoms with Crippen molar-refractivity contribution in [2.45, 2.75) is 50.5 Å². The summed E-state index contributed by atoms with van der Waals surface area (Å²) >= 11 is 1.75. The summed E-state index contributed by atoms with van der Waals surface area (Å²) in [5.41, 5.74) is 0. The summed E-state index contributed by atoms with van der Waals surface area (Å²) in [6.07, 6.45) is 4.82. The summed E-state index contributed by atoms with van der Waals surface area (Å²) in [6, 6.07) is 8.40. The number of aliphatic hydroxyl groups is 1. The molecule has 1 aliphatic heterocycles. The molecular formula is C16H27NO2S. The summed E-state index contributed by atoms with van der Waals surface area (Å²) in [5.74, 6) is 0.883. The van der Waals surface area contributed by atoms with E-state index in [1.807, 2.05) is 26.0 Å². The summed E-state index contributed by atoms with van der Waals surface area (Å²) in [6.45, 7) is 5.31. The molecule has 1 unspecified atom stereocenters. The topological polar surface area (TPSA) is 32.7 Å². The Morgan fingerprint density at radius 2 is 1.90 bits per heavy atom. The second kappa shape index (κ2) is 10.1. The van der Waals surface area contributed by atoms with Crippen LogP contribution in [0.15, 0.2) is 29.2 Å². The molecule has 0 saturated carbocycles. The zero-order valence-electron chi connectivity index (χ0n) is 12.8. The van der Waals surface area contributed by atoms with Crippen molar-refractivity contribution in [3.8, 4) is 5.75 Å². The van der Waals surface area contributed by atoms with Crippen molar-refractivity contribution in [1.29, 1.82) is 0 Å². The second-order valence-corrected chi connectivity index (χ2v) is 5.72. The van der Waals surface area contributed by atoms with Crippen LogP contribution in [0.3, 0.4) is 0 Å². The van der Waals surface area contributed by atoms with E-state index in [2.05, 4.69) is 16.4 Å². The number of ether oxygens (including phenoxy) is 1. The number of nitrogens with zero attached hydrogens (tertiary/aromatic N) is 1. The van der Waals surface area contributed by atoms with Gasteiger partial charge in [-0.15, -0.1) is 0 Å². The van der Waals surface area contributed by atoms with Gasteiger partial charge in [0.2, 0.25) is 0 Å². The fourth-order valence-corrected chi connectivity index (χ4v) is 3.30. The van der Waals surface area contributed by atoms with E-state index in [1.165, 1.54) is 24.2 Å². The Kier molecular flexibility index (Phi) is 8.74. The van der Waals surface area contributed by atoms with Crippen LogP contribution in [0.4, 0.5) is 0 Å². The molecule has 0 radical (unpaired) electrons. The zero-order chi connectivity index (χ0) is 14.8. The third-order valence-electron chi connectivity index (χ3n) is 3.32. The number of hydrogen-bond donors (Lipinski definition) is 1. The van der Waals surface area contributed by atoms with Gasteiger partial charge in [-0.05, 0) is 49.1 Å². The molecule has 1 aromatic carbocycles. The standard InChI is InChI=1S/C14H21NO2S.C2H6/c1-17-13-6-8-14(9-7-13)18-15-10-4-2-3-5-12(15)11-16;1-2/h6-9,12,16H,2-5,10-11H2,1H3;1-2H3. The minimum Gasteiger partial charge on any atom is -0.497 e. The highest BCUT2D eigenvalue weighted by molar-refractivity contribution is 7.97. The van der Waals surface area contributed by atoms with Gasteiger partial charge in [-0.2, -0.15) is 0 Å². The van der Waals surface area contributed by atoms with Gasteiger partial charge in [-0.3, -0.25) is 0 Å². The number of aliphatic hydroxyl groups excluding tert-OH is 1. The van der Waals surface area contributed by atoms with E-state index in [9.17, 15) is 5.11 Å². The average molecular weight is 297 g/mol. The van der Waals surface area contributed by atoms with E-state index >= 15 is 0 Å². The van der Waals surface area contributed by atoms with Gasteiger partial charge in [0.15, 0.2) is 0 Å². The molecule has 1 fully saturated rings. The molecule has 20 heavy (non-hydrogen) atoms. The van der Waals surface area contributed by atoms with Crippen LogP contribution in [-0.4, -0.2) is 35.7 Å². The van der Waals surface area contributed by atoms with Crippen molar-refractivity contribution in [1.82, 2.24) is 4.31 Å². The number of hydrogen-bond acceptors (Lipinski definition) is 4. The van der Waals surface area contributed by atoms with Crippen LogP contribution in [0.25, 0.3) is 0 Å². The van der Waals surface area contributed by atoms with Crippen LogP contribution in [-0.2, 0) is 0 Å². The minimum atomic E-state index is 0.253. The van der Waals surface area contributed by atoms with Gasteiger partial charge in [-0.1, -0.05) is 26.7 Å². The lowest BCUT2D eigenvalue weighted by Crippen LogP contribution is -2.31. The fourth-order valence-electron chi connectivity index (χ4n) is 2.23. The van der Waals surface area contributed by atoms with Gasteiger partial charge in [-0.25, -0.2) is 4.31 Å². The first-order valence-electron chi connectivity index (χ1n) is 7.53. The lowest BCUT2D eigenvalue weighted by atomic mass is 10.1. The molecule has 2 rings (SSSR count). The summed E-state index contributed by atoms with van der Waals surface area (Å²) in [5, 5.41) is 9.47. The molecule has 0 aliphatic carbocycles. The van der Waals surface area contributed by atoms with E-state index in [-0.39, 0.29) is 6.61 Å². The second-order valence-electron chi connectivity index (χ2n) is 4.59. The molecular weight excluding hydrogens is 270 g/mol. The number of benzene rings is 1. The van der Waals surface area contributed by atoms with Crippen molar-refractivity contribution >= 4 is 11.9 Å². The van der Waals surface area contributed by atoms with Gasteiger partial charge in [0.05, 0.1) is 13.7 Å². The molecule has 1 heterocycles. The lowest BCUT2D eigenvalue weighted by molar-refractivity contribution is 0.195. The largest absolute Gasteiger partial charge is 0.497 e. The average Bonchev–Trinajstić information content (AvgIpc) is 2.75. The predicted octanol–water partition coefficient (Wildman–Crippen LogP) is 3.97. The molecule has 114 valence electrons. The van der Waals surface area contributed by atoms with Gasteiger partial charge >= 0.3 is 0 Å². The van der Waals surface area contributed by atoms with Crippen molar-refractivity contribution in [2.24, 2.45) is 0 Å². The maximum absolute atomic E-state index is 9.47. The highest BCUT2D eigenvalue weighted by Gasteiger charge is 2.21. The van der Waals surface area contributed by atoms with Crippen LogP contribution in [0, 0.1) is 0 Å². The number of methoxy groups -OCH3 is 1. The van der Waals surface area contributed by atoms with E-state index < -0.39 is 0 Å². The minimum absolute atomic E-state index is 0.253.